The molecule has 4 nitrogen and oxygen atoms in total. The molecule has 1 fully saturated rings. The summed E-state index contributed by atoms with van der Waals surface area (Å²) in [7, 11) is 1.68. The molecule has 1 saturated carbocycles. The Morgan fingerprint density at radius 2 is 2.29 bits per heavy atom. The Morgan fingerprint density at radius 1 is 1.64 bits per heavy atom. The largest absolute Gasteiger partial charge is 0.477 e. The van der Waals surface area contributed by atoms with Gasteiger partial charge in [-0.05, 0) is 24.8 Å². The number of hydrogen-bond donors (Lipinski definition) is 1. The van der Waals surface area contributed by atoms with E-state index in [1.54, 1.807) is 13.1 Å². The number of rotatable bonds is 2. The zero-order valence-corrected chi connectivity index (χ0v) is 8.40. The van der Waals surface area contributed by atoms with Crippen LogP contribution in [0.3, 0.4) is 0 Å². The van der Waals surface area contributed by atoms with Crippen LogP contribution in [0, 0.1) is 5.92 Å². The quantitative estimate of drug-likeness (QED) is 0.778. The number of carboxylic acid groups (broad SMARTS) is 1. The van der Waals surface area contributed by atoms with Gasteiger partial charge in [0.1, 0.15) is 5.69 Å². The smallest absolute Gasteiger partial charge is 0.354 e. The Hall–Kier alpha value is -1.32. The van der Waals surface area contributed by atoms with Crippen LogP contribution in [0.2, 0.25) is 0 Å². The second kappa shape index (κ2) is 3.12. The predicted octanol–water partition coefficient (Wildman–Crippen LogP) is 1.63. The van der Waals surface area contributed by atoms with Crippen LogP contribution in [0.25, 0.3) is 0 Å². The van der Waals surface area contributed by atoms with Crippen molar-refractivity contribution in [1.82, 2.24) is 9.78 Å². The van der Waals surface area contributed by atoms with Gasteiger partial charge < -0.3 is 5.11 Å². The fourth-order valence-electron chi connectivity index (χ4n) is 2.03. The molecule has 1 heterocycles. The summed E-state index contributed by atoms with van der Waals surface area (Å²) < 4.78 is 1.45. The normalized spacial score (nSPS) is 25.9. The van der Waals surface area contributed by atoms with Crippen LogP contribution in [0.4, 0.5) is 0 Å². The average molecular weight is 194 g/mol. The summed E-state index contributed by atoms with van der Waals surface area (Å²) in [5, 5.41) is 13.1. The van der Waals surface area contributed by atoms with E-state index in [0.29, 0.717) is 5.92 Å². The van der Waals surface area contributed by atoms with Crippen molar-refractivity contribution in [3.63, 3.8) is 0 Å². The third kappa shape index (κ3) is 1.41. The molecule has 1 N–H and O–H groups in total. The van der Waals surface area contributed by atoms with Crippen LogP contribution in [0.1, 0.15) is 41.9 Å². The number of carbonyl (C=O) groups is 1. The van der Waals surface area contributed by atoms with E-state index in [4.69, 9.17) is 5.11 Å². The summed E-state index contributed by atoms with van der Waals surface area (Å²) >= 11 is 0. The average Bonchev–Trinajstić information content (AvgIpc) is 2.41. The van der Waals surface area contributed by atoms with Gasteiger partial charge in [0.05, 0.1) is 5.69 Å². The van der Waals surface area contributed by atoms with Crippen molar-refractivity contribution in [2.45, 2.75) is 25.7 Å². The molecule has 1 aromatic rings. The molecular formula is C10H14N2O2. The number of aromatic carboxylic acids is 1. The fraction of sp³-hybridized carbons (Fsp3) is 0.600. The number of aryl methyl sites for hydroxylation is 1. The first-order valence-electron chi connectivity index (χ1n) is 4.85. The van der Waals surface area contributed by atoms with Gasteiger partial charge in [-0.15, -0.1) is 0 Å². The molecule has 0 atom stereocenters. The van der Waals surface area contributed by atoms with Crippen LogP contribution in [-0.2, 0) is 7.05 Å². The number of aromatic nitrogens is 2. The Labute approximate surface area is 82.5 Å². The van der Waals surface area contributed by atoms with Crippen molar-refractivity contribution in [3.8, 4) is 0 Å². The molecule has 0 unspecified atom stereocenters. The second-order valence-electron chi connectivity index (χ2n) is 4.16. The van der Waals surface area contributed by atoms with Gasteiger partial charge in [0.25, 0.3) is 0 Å². The van der Waals surface area contributed by atoms with E-state index in [2.05, 4.69) is 12.0 Å². The second-order valence-corrected chi connectivity index (χ2v) is 4.16. The summed E-state index contributed by atoms with van der Waals surface area (Å²) in [6.45, 7) is 2.21. The van der Waals surface area contributed by atoms with Gasteiger partial charge in [-0.25, -0.2) is 4.79 Å². The van der Waals surface area contributed by atoms with Crippen molar-refractivity contribution >= 4 is 5.97 Å². The monoisotopic (exact) mass is 194 g/mol. The van der Waals surface area contributed by atoms with Crippen LogP contribution in [0.15, 0.2) is 6.07 Å². The van der Waals surface area contributed by atoms with Crippen LogP contribution in [0.5, 0.6) is 0 Å². The highest BCUT2D eigenvalue weighted by atomic mass is 16.4. The third-order valence-corrected chi connectivity index (χ3v) is 2.91. The molecule has 0 radical (unpaired) electrons. The van der Waals surface area contributed by atoms with Crippen molar-refractivity contribution in [3.05, 3.63) is 17.5 Å². The molecule has 2 rings (SSSR count). The lowest BCUT2D eigenvalue weighted by Gasteiger charge is -2.31. The Bertz CT molecular complexity index is 364. The zero-order valence-electron chi connectivity index (χ0n) is 8.40. The van der Waals surface area contributed by atoms with Gasteiger partial charge in [0.2, 0.25) is 0 Å². The van der Waals surface area contributed by atoms with Gasteiger partial charge >= 0.3 is 5.97 Å². The summed E-state index contributed by atoms with van der Waals surface area (Å²) in [4.78, 5) is 10.8. The van der Waals surface area contributed by atoms with Crippen LogP contribution >= 0.6 is 0 Å². The molecule has 0 amide bonds. The van der Waals surface area contributed by atoms with E-state index in [1.807, 2.05) is 0 Å². The van der Waals surface area contributed by atoms with Crippen LogP contribution < -0.4 is 0 Å². The van der Waals surface area contributed by atoms with Crippen molar-refractivity contribution < 1.29 is 9.90 Å². The van der Waals surface area contributed by atoms with Crippen molar-refractivity contribution in [2.75, 3.05) is 0 Å². The molecule has 4 heteroatoms. The lowest BCUT2D eigenvalue weighted by molar-refractivity contribution is 0.0685. The summed E-state index contributed by atoms with van der Waals surface area (Å²) in [5.74, 6) is 0.332. The molecule has 0 spiro atoms. The first kappa shape index (κ1) is 9.24. The highest BCUT2D eigenvalue weighted by Gasteiger charge is 2.29. The molecule has 1 aliphatic rings. The first-order chi connectivity index (χ1) is 6.58. The lowest BCUT2D eigenvalue weighted by atomic mass is 9.74. The van der Waals surface area contributed by atoms with Crippen LogP contribution in [-0.4, -0.2) is 20.9 Å². The molecule has 1 aliphatic carbocycles. The minimum Gasteiger partial charge on any atom is -0.477 e. The van der Waals surface area contributed by atoms with E-state index in [-0.39, 0.29) is 5.69 Å². The highest BCUT2D eigenvalue weighted by molar-refractivity contribution is 5.85. The Balaban J connectivity index is 2.20. The Kier molecular flexibility index (Phi) is 2.06. The zero-order chi connectivity index (χ0) is 10.3. The van der Waals surface area contributed by atoms with Gasteiger partial charge in [-0.2, -0.15) is 5.10 Å². The topological polar surface area (TPSA) is 55.1 Å². The molecule has 0 bridgehead atoms. The number of nitrogens with zero attached hydrogens (tertiary/aromatic N) is 2. The summed E-state index contributed by atoms with van der Waals surface area (Å²) in [6.07, 6.45) is 2.27. The molecule has 1 aromatic heterocycles. The molecule has 76 valence electrons. The van der Waals surface area contributed by atoms with E-state index in [1.165, 1.54) is 4.68 Å². The van der Waals surface area contributed by atoms with Gasteiger partial charge in [0.15, 0.2) is 0 Å². The minimum atomic E-state index is -0.904. The van der Waals surface area contributed by atoms with E-state index in [9.17, 15) is 4.79 Å². The lowest BCUT2D eigenvalue weighted by Crippen LogP contribution is -2.19. The van der Waals surface area contributed by atoms with E-state index >= 15 is 0 Å². The molecule has 0 aliphatic heterocycles. The van der Waals surface area contributed by atoms with Gasteiger partial charge in [-0.1, -0.05) is 6.92 Å². The maximum atomic E-state index is 10.8. The summed E-state index contributed by atoms with van der Waals surface area (Å²) in [6, 6.07) is 1.69. The number of carboxylic acids is 1. The molecule has 0 saturated heterocycles. The standard InChI is InChI=1S/C10H14N2O2/c1-6-3-7(4-6)8-5-9(10(13)14)12(2)11-8/h5-7H,3-4H2,1-2H3,(H,13,14). The molecule has 0 aromatic carbocycles. The maximum Gasteiger partial charge on any atom is 0.354 e. The molecular weight excluding hydrogens is 180 g/mol. The van der Waals surface area contributed by atoms with E-state index in [0.717, 1.165) is 24.5 Å². The van der Waals surface area contributed by atoms with E-state index < -0.39 is 5.97 Å². The summed E-state index contributed by atoms with van der Waals surface area (Å²) in [5.41, 5.74) is 1.21. The maximum absolute atomic E-state index is 10.8. The van der Waals surface area contributed by atoms with Crippen molar-refractivity contribution in [1.29, 1.82) is 0 Å². The highest BCUT2D eigenvalue weighted by Crippen LogP contribution is 2.40. The SMILES string of the molecule is CC1CC(c2cc(C(=O)O)n(C)n2)C1. The number of hydrogen-bond acceptors (Lipinski definition) is 2. The predicted molar refractivity (Wildman–Crippen MR) is 51.3 cm³/mol. The van der Waals surface area contributed by atoms with Crippen molar-refractivity contribution in [2.24, 2.45) is 13.0 Å². The fourth-order valence-corrected chi connectivity index (χ4v) is 2.03. The minimum absolute atomic E-state index is 0.277. The van der Waals surface area contributed by atoms with Gasteiger partial charge in [0, 0.05) is 13.0 Å². The first-order valence-corrected chi connectivity index (χ1v) is 4.85. The Morgan fingerprint density at radius 3 is 2.71 bits per heavy atom. The van der Waals surface area contributed by atoms with Gasteiger partial charge in [-0.3, -0.25) is 4.68 Å². The molecule has 14 heavy (non-hydrogen) atoms. The third-order valence-electron chi connectivity index (χ3n) is 2.91.